The number of carbonyl (C=O) groups is 1. The Kier molecular flexibility index (Phi) is 5.23. The monoisotopic (exact) mass is 405 g/mol. The van der Waals surface area contributed by atoms with Crippen LogP contribution in [-0.4, -0.2) is 23.7 Å². The van der Waals surface area contributed by atoms with Crippen LogP contribution in [0, 0.1) is 0 Å². The van der Waals surface area contributed by atoms with Gasteiger partial charge >= 0.3 is 12.0 Å². The van der Waals surface area contributed by atoms with Crippen molar-refractivity contribution in [3.63, 3.8) is 0 Å². The molecule has 0 radical (unpaired) electrons. The summed E-state index contributed by atoms with van der Waals surface area (Å²) < 4.78 is 22.5. The van der Waals surface area contributed by atoms with Gasteiger partial charge < -0.3 is 18.6 Å². The lowest BCUT2D eigenvalue weighted by atomic mass is 10.3. The van der Waals surface area contributed by atoms with Gasteiger partial charge in [0, 0.05) is 4.47 Å². The number of carbonyl (C=O) groups excluding carboxylic acids is 1. The summed E-state index contributed by atoms with van der Waals surface area (Å²) in [5, 5.41) is 0. The van der Waals surface area contributed by atoms with Crippen molar-refractivity contribution >= 4 is 33.0 Å². The molecule has 0 amide bonds. The summed E-state index contributed by atoms with van der Waals surface area (Å²) in [6, 6.07) is 12.3. The van der Waals surface area contributed by atoms with E-state index in [0.29, 0.717) is 29.2 Å². The summed E-state index contributed by atoms with van der Waals surface area (Å²) in [5.74, 6) is 0.677. The smallest absolute Gasteiger partial charge is 0.400 e. The number of rotatable bonds is 6. The van der Waals surface area contributed by atoms with E-state index in [1.54, 1.807) is 38.1 Å². The van der Waals surface area contributed by atoms with E-state index < -0.39 is 12.1 Å². The zero-order chi connectivity index (χ0) is 17.8. The van der Waals surface area contributed by atoms with Gasteiger partial charge in [-0.2, -0.15) is 4.98 Å². The molecule has 1 heterocycles. The molecule has 7 heteroatoms. The number of hydrogen-bond acceptors (Lipinski definition) is 6. The quantitative estimate of drug-likeness (QED) is 0.552. The van der Waals surface area contributed by atoms with Crippen molar-refractivity contribution in [1.29, 1.82) is 0 Å². The van der Waals surface area contributed by atoms with Crippen LogP contribution in [0.3, 0.4) is 0 Å². The summed E-state index contributed by atoms with van der Waals surface area (Å²) in [5.41, 5.74) is 1.34. The molecule has 0 fully saturated rings. The molecule has 0 saturated carbocycles. The zero-order valence-corrected chi connectivity index (χ0v) is 15.3. The number of fused-ring (bicyclic) bond motifs is 1. The third-order valence-electron chi connectivity index (χ3n) is 3.29. The first-order valence-corrected chi connectivity index (χ1v) is 8.51. The fraction of sp³-hybridized carbons (Fsp3) is 0.222. The minimum Gasteiger partial charge on any atom is -0.479 e. The number of nitrogens with zero attached hydrogens (tertiary/aromatic N) is 1. The molecular weight excluding hydrogens is 390 g/mol. The Labute approximate surface area is 152 Å². The lowest BCUT2D eigenvalue weighted by Gasteiger charge is -2.13. The Balaban J connectivity index is 1.66. The second-order valence-corrected chi connectivity index (χ2v) is 6.09. The van der Waals surface area contributed by atoms with Crippen LogP contribution >= 0.6 is 15.9 Å². The van der Waals surface area contributed by atoms with Gasteiger partial charge in [0.25, 0.3) is 0 Å². The summed E-state index contributed by atoms with van der Waals surface area (Å²) in [6.45, 7) is 3.71. The zero-order valence-electron chi connectivity index (χ0n) is 13.7. The Bertz CT molecular complexity index is 875. The van der Waals surface area contributed by atoms with Crippen molar-refractivity contribution in [3.05, 3.63) is 46.9 Å². The van der Waals surface area contributed by atoms with Crippen LogP contribution in [0.4, 0.5) is 0 Å². The van der Waals surface area contributed by atoms with Crippen molar-refractivity contribution in [3.8, 4) is 17.6 Å². The van der Waals surface area contributed by atoms with Crippen molar-refractivity contribution in [2.45, 2.75) is 20.0 Å². The van der Waals surface area contributed by atoms with Gasteiger partial charge in [-0.3, -0.25) is 0 Å². The first-order valence-electron chi connectivity index (χ1n) is 7.72. The maximum Gasteiger partial charge on any atom is 0.400 e. The average Bonchev–Trinajstić information content (AvgIpc) is 2.98. The van der Waals surface area contributed by atoms with E-state index in [1.807, 2.05) is 18.2 Å². The third-order valence-corrected chi connectivity index (χ3v) is 3.78. The lowest BCUT2D eigenvalue weighted by molar-refractivity contribution is -0.150. The van der Waals surface area contributed by atoms with Gasteiger partial charge in [-0.1, -0.05) is 15.9 Å². The van der Waals surface area contributed by atoms with Crippen LogP contribution in [0.2, 0.25) is 0 Å². The summed E-state index contributed by atoms with van der Waals surface area (Å²) in [6.07, 6.45) is -0.524. The number of halogens is 1. The molecule has 1 unspecified atom stereocenters. The second-order valence-electron chi connectivity index (χ2n) is 5.18. The normalized spacial score (nSPS) is 12.0. The molecule has 1 aromatic heterocycles. The maximum absolute atomic E-state index is 11.6. The van der Waals surface area contributed by atoms with E-state index in [0.717, 1.165) is 4.47 Å². The van der Waals surface area contributed by atoms with Crippen molar-refractivity contribution in [2.24, 2.45) is 0 Å². The van der Waals surface area contributed by atoms with E-state index in [4.69, 9.17) is 18.6 Å². The number of esters is 1. The van der Waals surface area contributed by atoms with Crippen LogP contribution in [-0.2, 0) is 9.53 Å². The number of ether oxygens (including phenoxy) is 3. The lowest BCUT2D eigenvalue weighted by Crippen LogP contribution is -2.25. The van der Waals surface area contributed by atoms with Crippen molar-refractivity contribution < 1.29 is 23.4 Å². The van der Waals surface area contributed by atoms with Gasteiger partial charge in [0.05, 0.1) is 6.61 Å². The molecule has 0 N–H and O–H groups in total. The molecule has 3 aromatic rings. The molecule has 0 aliphatic heterocycles. The van der Waals surface area contributed by atoms with Crippen LogP contribution < -0.4 is 9.47 Å². The van der Waals surface area contributed by atoms with Gasteiger partial charge in [0.1, 0.15) is 17.0 Å². The van der Waals surface area contributed by atoms with E-state index in [-0.39, 0.29) is 6.08 Å². The number of oxazole rings is 1. The highest BCUT2D eigenvalue weighted by molar-refractivity contribution is 9.10. The van der Waals surface area contributed by atoms with Gasteiger partial charge in [-0.15, -0.1) is 0 Å². The van der Waals surface area contributed by atoms with Gasteiger partial charge in [-0.25, -0.2) is 4.79 Å². The molecule has 0 spiro atoms. The highest BCUT2D eigenvalue weighted by Crippen LogP contribution is 2.28. The summed E-state index contributed by atoms with van der Waals surface area (Å²) in [7, 11) is 0. The molecular formula is C18H16BrNO5. The van der Waals surface area contributed by atoms with Crippen LogP contribution in [0.15, 0.2) is 51.4 Å². The number of aromatic nitrogens is 1. The Morgan fingerprint density at radius 2 is 1.92 bits per heavy atom. The summed E-state index contributed by atoms with van der Waals surface area (Å²) >= 11 is 3.38. The average molecular weight is 406 g/mol. The predicted octanol–water partition coefficient (Wildman–Crippen LogP) is 4.71. The molecule has 3 rings (SSSR count). The molecule has 0 aliphatic rings. The van der Waals surface area contributed by atoms with Crippen molar-refractivity contribution in [1.82, 2.24) is 4.98 Å². The molecule has 2 aromatic carbocycles. The number of benzene rings is 2. The first-order chi connectivity index (χ1) is 12.0. The molecule has 130 valence electrons. The first kappa shape index (κ1) is 17.3. The fourth-order valence-electron chi connectivity index (χ4n) is 2.12. The van der Waals surface area contributed by atoms with Gasteiger partial charge in [0.15, 0.2) is 11.7 Å². The maximum atomic E-state index is 11.6. The third kappa shape index (κ3) is 4.30. The van der Waals surface area contributed by atoms with E-state index in [9.17, 15) is 4.79 Å². The number of hydrogen-bond donors (Lipinski definition) is 0. The van der Waals surface area contributed by atoms with Crippen LogP contribution in [0.25, 0.3) is 11.1 Å². The molecule has 6 nitrogen and oxygen atoms in total. The predicted molar refractivity (Wildman–Crippen MR) is 94.9 cm³/mol. The van der Waals surface area contributed by atoms with Gasteiger partial charge in [-0.05, 0) is 56.3 Å². The van der Waals surface area contributed by atoms with E-state index in [1.165, 1.54) is 0 Å². The highest BCUT2D eigenvalue weighted by atomic mass is 79.9. The van der Waals surface area contributed by atoms with Crippen LogP contribution in [0.1, 0.15) is 13.8 Å². The second kappa shape index (κ2) is 7.57. The minimum absolute atomic E-state index is 0.154. The topological polar surface area (TPSA) is 70.8 Å². The Hall–Kier alpha value is -2.54. The van der Waals surface area contributed by atoms with E-state index in [2.05, 4.69) is 20.9 Å². The SMILES string of the molecule is CCOC(=O)C(C)Oc1ccc(Oc2nc3ccc(Br)cc3o2)cc1. The van der Waals surface area contributed by atoms with Gasteiger partial charge in [0.2, 0.25) is 0 Å². The molecule has 25 heavy (non-hydrogen) atoms. The Morgan fingerprint density at radius 3 is 2.64 bits per heavy atom. The standard InChI is InChI=1S/C18H16BrNO5/c1-3-22-17(21)11(2)23-13-5-7-14(8-6-13)24-18-20-15-9-4-12(19)10-16(15)25-18/h4-11H,3H2,1-2H3. The minimum atomic E-state index is -0.679. The van der Waals surface area contributed by atoms with Crippen molar-refractivity contribution in [2.75, 3.05) is 6.61 Å². The largest absolute Gasteiger partial charge is 0.479 e. The Morgan fingerprint density at radius 1 is 1.20 bits per heavy atom. The van der Waals surface area contributed by atoms with Crippen LogP contribution in [0.5, 0.6) is 17.6 Å². The van der Waals surface area contributed by atoms with E-state index >= 15 is 0 Å². The molecule has 0 aliphatic carbocycles. The molecule has 0 saturated heterocycles. The fourth-order valence-corrected chi connectivity index (χ4v) is 2.46. The highest BCUT2D eigenvalue weighted by Gasteiger charge is 2.15. The molecule has 1 atom stereocenters. The molecule has 0 bridgehead atoms. The summed E-state index contributed by atoms with van der Waals surface area (Å²) in [4.78, 5) is 15.8.